The maximum absolute atomic E-state index is 3.32. The molecule has 0 unspecified atom stereocenters. The third kappa shape index (κ3) is 4.16. The smallest absolute Gasteiger partial charge is 0.0579 e. The molecule has 0 N–H and O–H groups in total. The summed E-state index contributed by atoms with van der Waals surface area (Å²) in [6.45, 7) is 13.4. The molecule has 1 aromatic rings. The molecule has 0 amide bonds. The molecule has 0 aromatic heterocycles. The van der Waals surface area contributed by atoms with Crippen molar-refractivity contribution >= 4 is 23.1 Å². The second kappa shape index (κ2) is 4.88. The van der Waals surface area contributed by atoms with Crippen LogP contribution in [0.3, 0.4) is 0 Å². The van der Waals surface area contributed by atoms with Crippen LogP contribution < -0.4 is 0 Å². The average Bonchev–Trinajstić information content (AvgIpc) is 2.01. The average molecular weight is 216 g/mol. The number of hydrogen-bond acceptors (Lipinski definition) is 0. The Morgan fingerprint density at radius 1 is 0.933 bits per heavy atom. The minimum Gasteiger partial charge on any atom is -0.0579 e. The van der Waals surface area contributed by atoms with Gasteiger partial charge in [0.2, 0.25) is 0 Å². The lowest BCUT2D eigenvalue weighted by Crippen LogP contribution is -2.15. The maximum atomic E-state index is 3.32. The van der Waals surface area contributed by atoms with E-state index in [1.165, 1.54) is 11.1 Å². The van der Waals surface area contributed by atoms with Crippen molar-refractivity contribution < 1.29 is 0 Å². The van der Waals surface area contributed by atoms with Gasteiger partial charge in [-0.1, -0.05) is 59.7 Å². The molecule has 0 saturated carbocycles. The minimum absolute atomic E-state index is 0. The zero-order valence-electron chi connectivity index (χ0n) is 10.2. The highest BCUT2D eigenvalue weighted by atomic mass is 24.3. The zero-order valence-corrected chi connectivity index (χ0v) is 10.2. The third-order valence-corrected chi connectivity index (χ3v) is 2.48. The van der Waals surface area contributed by atoms with Crippen LogP contribution in [-0.2, 0) is 10.8 Å². The molecular weight excluding hydrogens is 192 g/mol. The molecule has 0 nitrogen and oxygen atoms in total. The van der Waals surface area contributed by atoms with Crippen LogP contribution in [0, 0.1) is 6.07 Å². The van der Waals surface area contributed by atoms with Crippen molar-refractivity contribution in [2.45, 2.75) is 52.4 Å². The molecule has 15 heavy (non-hydrogen) atoms. The van der Waals surface area contributed by atoms with Gasteiger partial charge in [0.15, 0.2) is 0 Å². The second-order valence-electron chi connectivity index (χ2n) is 5.99. The van der Waals surface area contributed by atoms with E-state index in [4.69, 9.17) is 0 Å². The number of rotatable bonds is 0. The molecule has 0 bridgehead atoms. The van der Waals surface area contributed by atoms with E-state index in [9.17, 15) is 0 Å². The van der Waals surface area contributed by atoms with Gasteiger partial charge in [0.05, 0.1) is 0 Å². The Kier molecular flexibility index (Phi) is 4.87. The highest BCUT2D eigenvalue weighted by Gasteiger charge is 2.18. The summed E-state index contributed by atoms with van der Waals surface area (Å²) < 4.78 is 0. The SMILES string of the molecule is CC(C)(C)c1[c]ccc(C(C)(C)C)c1.[MgH2]. The van der Waals surface area contributed by atoms with Crippen molar-refractivity contribution in [2.75, 3.05) is 0 Å². The zero-order chi connectivity index (χ0) is 11.0. The van der Waals surface area contributed by atoms with Crippen molar-refractivity contribution in [2.24, 2.45) is 0 Å². The lowest BCUT2D eigenvalue weighted by molar-refractivity contribution is 0.568. The standard InChI is InChI=1S/C14H21.Mg.2H/c1-13(2,3)11-8-7-9-12(10-11)14(4,5)6;;;/h7-8,10H,1-6H3;;;. The van der Waals surface area contributed by atoms with Crippen LogP contribution in [0.15, 0.2) is 18.2 Å². The van der Waals surface area contributed by atoms with Crippen LogP contribution >= 0.6 is 0 Å². The van der Waals surface area contributed by atoms with Gasteiger partial charge in [-0.2, -0.15) is 0 Å². The summed E-state index contributed by atoms with van der Waals surface area (Å²) >= 11 is 0. The Balaban J connectivity index is 0.00000196. The van der Waals surface area contributed by atoms with Gasteiger partial charge in [-0.15, -0.1) is 0 Å². The van der Waals surface area contributed by atoms with Crippen molar-refractivity contribution in [3.05, 3.63) is 35.4 Å². The molecule has 1 heteroatoms. The fourth-order valence-corrected chi connectivity index (χ4v) is 1.37. The van der Waals surface area contributed by atoms with E-state index >= 15 is 0 Å². The van der Waals surface area contributed by atoms with Gasteiger partial charge in [0.1, 0.15) is 0 Å². The summed E-state index contributed by atoms with van der Waals surface area (Å²) in [7, 11) is 0. The molecule has 0 aliphatic heterocycles. The summed E-state index contributed by atoms with van der Waals surface area (Å²) in [6, 6.07) is 9.80. The Morgan fingerprint density at radius 2 is 1.47 bits per heavy atom. The van der Waals surface area contributed by atoms with E-state index in [2.05, 4.69) is 59.7 Å². The van der Waals surface area contributed by atoms with Crippen LogP contribution in [0.2, 0.25) is 0 Å². The predicted molar refractivity (Wildman–Crippen MR) is 71.2 cm³/mol. The summed E-state index contributed by atoms with van der Waals surface area (Å²) in [6.07, 6.45) is 0. The van der Waals surface area contributed by atoms with E-state index in [0.717, 1.165) is 0 Å². The topological polar surface area (TPSA) is 0 Å². The van der Waals surface area contributed by atoms with Crippen molar-refractivity contribution in [3.63, 3.8) is 0 Å². The van der Waals surface area contributed by atoms with Gasteiger partial charge in [0.25, 0.3) is 0 Å². The third-order valence-electron chi connectivity index (χ3n) is 2.48. The molecule has 0 spiro atoms. The molecule has 0 heterocycles. The van der Waals surface area contributed by atoms with Crippen LogP contribution in [0.25, 0.3) is 0 Å². The van der Waals surface area contributed by atoms with Gasteiger partial charge in [-0.05, 0) is 28.0 Å². The van der Waals surface area contributed by atoms with Crippen molar-refractivity contribution in [3.8, 4) is 0 Å². The first-order valence-electron chi connectivity index (χ1n) is 5.24. The maximum Gasteiger partial charge on any atom is 0.316 e. The lowest BCUT2D eigenvalue weighted by Gasteiger charge is -2.24. The highest BCUT2D eigenvalue weighted by Crippen LogP contribution is 2.27. The molecule has 0 aliphatic carbocycles. The van der Waals surface area contributed by atoms with E-state index in [0.29, 0.717) is 0 Å². The Labute approximate surface area is 111 Å². The molecule has 0 atom stereocenters. The molecule has 0 saturated heterocycles. The summed E-state index contributed by atoms with van der Waals surface area (Å²) in [4.78, 5) is 0. The van der Waals surface area contributed by atoms with Gasteiger partial charge in [0, 0.05) is 0 Å². The Morgan fingerprint density at radius 3 is 1.87 bits per heavy atom. The van der Waals surface area contributed by atoms with E-state index in [-0.39, 0.29) is 33.9 Å². The first-order valence-corrected chi connectivity index (χ1v) is 5.24. The highest BCUT2D eigenvalue weighted by molar-refractivity contribution is 5.75. The Bertz CT molecular complexity index is 284. The summed E-state index contributed by atoms with van der Waals surface area (Å²) in [5, 5.41) is 0. The molecular formula is C14H23Mg. The largest absolute Gasteiger partial charge is 0.316 e. The first-order chi connectivity index (χ1) is 6.21. The van der Waals surface area contributed by atoms with Gasteiger partial charge in [-0.3, -0.25) is 0 Å². The van der Waals surface area contributed by atoms with Crippen molar-refractivity contribution in [1.82, 2.24) is 0 Å². The van der Waals surface area contributed by atoms with Gasteiger partial charge >= 0.3 is 23.1 Å². The first kappa shape index (κ1) is 15.0. The molecule has 0 fully saturated rings. The Hall–Kier alpha value is -0.0138. The van der Waals surface area contributed by atoms with Crippen LogP contribution in [-0.4, -0.2) is 23.1 Å². The molecule has 81 valence electrons. The number of hydrogen-bond donors (Lipinski definition) is 0. The fourth-order valence-electron chi connectivity index (χ4n) is 1.37. The number of benzene rings is 1. The molecule has 1 aromatic carbocycles. The molecule has 1 radical (unpaired) electrons. The normalized spacial score (nSPS) is 12.1. The van der Waals surface area contributed by atoms with Crippen molar-refractivity contribution in [1.29, 1.82) is 0 Å². The predicted octanol–water partition coefficient (Wildman–Crippen LogP) is 3.17. The van der Waals surface area contributed by atoms with Crippen LogP contribution in [0.4, 0.5) is 0 Å². The van der Waals surface area contributed by atoms with Gasteiger partial charge in [-0.25, -0.2) is 0 Å². The lowest BCUT2D eigenvalue weighted by atomic mass is 9.81. The second-order valence-corrected chi connectivity index (χ2v) is 5.99. The van der Waals surface area contributed by atoms with Gasteiger partial charge < -0.3 is 0 Å². The molecule has 1 rings (SSSR count). The molecule has 0 aliphatic rings. The summed E-state index contributed by atoms with van der Waals surface area (Å²) in [5.74, 6) is 0. The van der Waals surface area contributed by atoms with Crippen LogP contribution in [0.5, 0.6) is 0 Å². The van der Waals surface area contributed by atoms with E-state index in [1.54, 1.807) is 0 Å². The minimum atomic E-state index is 0. The van der Waals surface area contributed by atoms with Crippen LogP contribution in [0.1, 0.15) is 52.7 Å². The van der Waals surface area contributed by atoms with E-state index < -0.39 is 0 Å². The monoisotopic (exact) mass is 215 g/mol. The summed E-state index contributed by atoms with van der Waals surface area (Å²) in [5.41, 5.74) is 3.11. The fraction of sp³-hybridized carbons (Fsp3) is 0.571. The van der Waals surface area contributed by atoms with E-state index in [1.807, 2.05) is 6.07 Å². The quantitative estimate of drug-likeness (QED) is 0.584.